The van der Waals surface area contributed by atoms with Gasteiger partial charge in [-0.2, -0.15) is 0 Å². The number of hydrogen-bond acceptors (Lipinski definition) is 7. The van der Waals surface area contributed by atoms with Crippen molar-refractivity contribution in [3.05, 3.63) is 78.7 Å². The van der Waals surface area contributed by atoms with Crippen LogP contribution in [0.4, 0.5) is 11.5 Å². The van der Waals surface area contributed by atoms with E-state index in [0.717, 1.165) is 35.6 Å². The minimum atomic E-state index is 0.238. The Morgan fingerprint density at radius 3 is 2.62 bits per heavy atom. The molecule has 0 unspecified atom stereocenters. The highest BCUT2D eigenvalue weighted by molar-refractivity contribution is 5.63. The maximum absolute atomic E-state index is 8.77. The lowest BCUT2D eigenvalue weighted by Gasteiger charge is -2.18. The highest BCUT2D eigenvalue weighted by Gasteiger charge is 2.11. The van der Waals surface area contributed by atoms with Crippen LogP contribution in [0.15, 0.2) is 67.5 Å². The third-order valence-electron chi connectivity index (χ3n) is 5.05. The largest absolute Gasteiger partial charge is 0.337 e. The molecule has 0 spiro atoms. The monoisotopic (exact) mass is 433 g/mol. The van der Waals surface area contributed by atoms with Crippen LogP contribution in [0.3, 0.4) is 0 Å². The van der Waals surface area contributed by atoms with E-state index in [9.17, 15) is 0 Å². The molecular formula is C23H31N9. The van der Waals surface area contributed by atoms with Crippen LogP contribution in [0, 0.1) is 5.41 Å². The molecule has 3 rings (SSSR count). The van der Waals surface area contributed by atoms with E-state index in [2.05, 4.69) is 27.6 Å². The quantitative estimate of drug-likeness (QED) is 0.290. The summed E-state index contributed by atoms with van der Waals surface area (Å²) in [5, 5.41) is 17.1. The van der Waals surface area contributed by atoms with Gasteiger partial charge >= 0.3 is 0 Å². The fraction of sp³-hybridized carbons (Fsp3) is 0.261. The first-order chi connectivity index (χ1) is 15.4. The second kappa shape index (κ2) is 10.6. The SMILES string of the molecule is C=C(/C(C)=C/N(C)NC)n1cc(CCNC)nc(Nc2ccc(-n3ccnc3)cc2)c1=N. The van der Waals surface area contributed by atoms with Crippen LogP contribution in [0.5, 0.6) is 0 Å². The second-order valence-electron chi connectivity index (χ2n) is 7.39. The Hall–Kier alpha value is -3.69. The number of aromatic nitrogens is 4. The van der Waals surface area contributed by atoms with Gasteiger partial charge in [-0.15, -0.1) is 0 Å². The summed E-state index contributed by atoms with van der Waals surface area (Å²) in [4.78, 5) is 8.78. The number of rotatable bonds is 10. The van der Waals surface area contributed by atoms with Gasteiger partial charge in [0.05, 0.1) is 12.0 Å². The van der Waals surface area contributed by atoms with E-state index < -0.39 is 0 Å². The van der Waals surface area contributed by atoms with E-state index in [1.807, 2.05) is 80.5 Å². The van der Waals surface area contributed by atoms with Gasteiger partial charge in [0, 0.05) is 68.9 Å². The number of nitrogens with one attached hydrogen (secondary N) is 4. The van der Waals surface area contributed by atoms with Crippen molar-refractivity contribution in [2.45, 2.75) is 13.3 Å². The van der Waals surface area contributed by atoms with Crippen molar-refractivity contribution in [3.63, 3.8) is 0 Å². The van der Waals surface area contributed by atoms with Crippen molar-refractivity contribution >= 4 is 17.2 Å². The summed E-state index contributed by atoms with van der Waals surface area (Å²) in [5.41, 5.74) is 7.64. The first-order valence-electron chi connectivity index (χ1n) is 10.4. The summed E-state index contributed by atoms with van der Waals surface area (Å²) >= 11 is 0. The molecule has 0 fully saturated rings. The smallest absolute Gasteiger partial charge is 0.174 e. The van der Waals surface area contributed by atoms with Crippen LogP contribution in [-0.4, -0.2) is 51.8 Å². The van der Waals surface area contributed by atoms with Gasteiger partial charge in [0.2, 0.25) is 0 Å². The molecule has 0 aliphatic rings. The van der Waals surface area contributed by atoms with Crippen molar-refractivity contribution in [2.24, 2.45) is 0 Å². The zero-order valence-electron chi connectivity index (χ0n) is 19.1. The first-order valence-corrected chi connectivity index (χ1v) is 10.4. The molecule has 0 bridgehead atoms. The van der Waals surface area contributed by atoms with Gasteiger partial charge in [-0.3, -0.25) is 9.98 Å². The van der Waals surface area contributed by atoms with Crippen molar-refractivity contribution < 1.29 is 0 Å². The summed E-state index contributed by atoms with van der Waals surface area (Å²) < 4.78 is 3.71. The van der Waals surface area contributed by atoms with Gasteiger partial charge in [0.25, 0.3) is 0 Å². The van der Waals surface area contributed by atoms with Crippen molar-refractivity contribution in [1.82, 2.24) is 34.9 Å². The van der Waals surface area contributed by atoms with Gasteiger partial charge < -0.3 is 20.2 Å². The Kier molecular flexibility index (Phi) is 7.58. The number of allylic oxidation sites excluding steroid dienone is 2. The molecule has 9 heteroatoms. The van der Waals surface area contributed by atoms with Crippen LogP contribution >= 0.6 is 0 Å². The lowest BCUT2D eigenvalue weighted by atomic mass is 10.2. The Morgan fingerprint density at radius 1 is 1.25 bits per heavy atom. The average molecular weight is 434 g/mol. The topological polar surface area (TPSA) is 98.8 Å². The molecule has 2 aromatic heterocycles. The third-order valence-corrected chi connectivity index (χ3v) is 5.05. The van der Waals surface area contributed by atoms with E-state index in [0.29, 0.717) is 11.5 Å². The summed E-state index contributed by atoms with van der Waals surface area (Å²) in [6.07, 6.45) is 9.95. The second-order valence-corrected chi connectivity index (χ2v) is 7.39. The standard InChI is InChI=1S/C23H31N9/c1-17(14-30(5)26-4)18(2)32-15-20(10-11-25-3)29-23(22(32)24)28-19-6-8-21(9-7-19)31-13-12-27-16-31/h6-9,12-16,24-26H,2,10-11H2,1,3-5H3,(H,28,29)/b17-14+,24-22?. The summed E-state index contributed by atoms with van der Waals surface area (Å²) in [6.45, 7) is 6.98. The van der Waals surface area contributed by atoms with Gasteiger partial charge in [0.15, 0.2) is 11.3 Å². The van der Waals surface area contributed by atoms with Crippen molar-refractivity contribution in [2.75, 3.05) is 33.0 Å². The molecule has 1 aromatic carbocycles. The number of nitrogens with zero attached hydrogens (tertiary/aromatic N) is 5. The Labute approximate surface area is 188 Å². The first kappa shape index (κ1) is 23.0. The number of likely N-dealkylation sites (N-methyl/N-ethyl adjacent to an activating group) is 1. The molecular weight excluding hydrogens is 402 g/mol. The molecule has 32 heavy (non-hydrogen) atoms. The number of anilines is 2. The average Bonchev–Trinajstić information content (AvgIpc) is 3.34. The Balaban J connectivity index is 1.94. The predicted molar refractivity (Wildman–Crippen MR) is 128 cm³/mol. The normalized spacial score (nSPS) is 11.4. The predicted octanol–water partition coefficient (Wildman–Crippen LogP) is 2.49. The van der Waals surface area contributed by atoms with Crippen LogP contribution < -0.4 is 21.5 Å². The highest BCUT2D eigenvalue weighted by Crippen LogP contribution is 2.18. The summed E-state index contributed by atoms with van der Waals surface area (Å²) in [5.74, 6) is 0.477. The summed E-state index contributed by atoms with van der Waals surface area (Å²) in [6, 6.07) is 7.91. The fourth-order valence-corrected chi connectivity index (χ4v) is 3.11. The number of benzene rings is 1. The van der Waals surface area contributed by atoms with Crippen LogP contribution in [-0.2, 0) is 6.42 Å². The zero-order chi connectivity index (χ0) is 23.1. The van der Waals surface area contributed by atoms with Crippen LogP contribution in [0.1, 0.15) is 12.6 Å². The van der Waals surface area contributed by atoms with E-state index >= 15 is 0 Å². The molecule has 3 aromatic rings. The van der Waals surface area contributed by atoms with Gasteiger partial charge in [-0.05, 0) is 43.8 Å². The van der Waals surface area contributed by atoms with E-state index in [1.54, 1.807) is 17.1 Å². The van der Waals surface area contributed by atoms with Gasteiger partial charge in [-0.25, -0.2) is 15.4 Å². The molecule has 0 atom stereocenters. The molecule has 168 valence electrons. The van der Waals surface area contributed by atoms with E-state index in [1.165, 1.54) is 0 Å². The van der Waals surface area contributed by atoms with Crippen LogP contribution in [0.25, 0.3) is 11.4 Å². The van der Waals surface area contributed by atoms with E-state index in [-0.39, 0.29) is 5.49 Å². The molecule has 0 amide bonds. The minimum Gasteiger partial charge on any atom is -0.337 e. The van der Waals surface area contributed by atoms with Crippen molar-refractivity contribution in [3.8, 4) is 5.69 Å². The fourth-order valence-electron chi connectivity index (χ4n) is 3.11. The maximum Gasteiger partial charge on any atom is 0.174 e. The molecule has 0 aliphatic heterocycles. The zero-order valence-corrected chi connectivity index (χ0v) is 19.1. The molecule has 0 aliphatic carbocycles. The molecule has 0 radical (unpaired) electrons. The summed E-state index contributed by atoms with van der Waals surface area (Å²) in [7, 11) is 5.67. The minimum absolute atomic E-state index is 0.238. The molecule has 0 saturated heterocycles. The molecule has 4 N–H and O–H groups in total. The maximum atomic E-state index is 8.77. The molecule has 9 nitrogen and oxygen atoms in total. The van der Waals surface area contributed by atoms with Gasteiger partial charge in [-0.1, -0.05) is 6.58 Å². The lowest BCUT2D eigenvalue weighted by Crippen LogP contribution is -2.27. The number of hydrazine groups is 1. The van der Waals surface area contributed by atoms with Crippen LogP contribution in [0.2, 0.25) is 0 Å². The Morgan fingerprint density at radius 2 is 2.00 bits per heavy atom. The highest BCUT2D eigenvalue weighted by atomic mass is 15.5. The Bertz CT molecular complexity index is 1130. The lowest BCUT2D eigenvalue weighted by molar-refractivity contribution is 0.363. The number of hydrogen-bond donors (Lipinski definition) is 4. The molecule has 0 saturated carbocycles. The van der Waals surface area contributed by atoms with Crippen molar-refractivity contribution in [1.29, 1.82) is 5.41 Å². The molecule has 2 heterocycles. The third kappa shape index (κ3) is 5.51. The number of imidazole rings is 1. The van der Waals surface area contributed by atoms with Gasteiger partial charge in [0.1, 0.15) is 0 Å². The van der Waals surface area contributed by atoms with E-state index in [4.69, 9.17) is 10.4 Å².